The molecule has 6 heteroatoms. The number of imide groups is 1. The van der Waals surface area contributed by atoms with E-state index in [4.69, 9.17) is 0 Å². The predicted octanol–water partition coefficient (Wildman–Crippen LogP) is 0.233. The second kappa shape index (κ2) is 3.96. The van der Waals surface area contributed by atoms with Crippen molar-refractivity contribution in [3.8, 4) is 0 Å². The summed E-state index contributed by atoms with van der Waals surface area (Å²) in [4.78, 5) is 36.8. The lowest BCUT2D eigenvalue weighted by atomic mass is 9.86. The molecular formula is C12H19N3O3. The maximum absolute atomic E-state index is 12.1. The number of nitrogens with one attached hydrogen (secondary N) is 2. The molecule has 0 aliphatic carbocycles. The van der Waals surface area contributed by atoms with Crippen LogP contribution < -0.4 is 10.6 Å². The molecule has 0 atom stereocenters. The van der Waals surface area contributed by atoms with E-state index in [2.05, 4.69) is 10.6 Å². The molecule has 4 amide bonds. The van der Waals surface area contributed by atoms with E-state index in [1.54, 1.807) is 4.90 Å². The number of amides is 4. The Kier molecular flexibility index (Phi) is 2.83. The van der Waals surface area contributed by atoms with Crippen LogP contribution in [0.3, 0.4) is 0 Å². The zero-order valence-corrected chi connectivity index (χ0v) is 11.0. The minimum absolute atomic E-state index is 0.0853. The largest absolute Gasteiger partial charge is 0.342 e. The van der Waals surface area contributed by atoms with E-state index >= 15 is 0 Å². The van der Waals surface area contributed by atoms with Crippen molar-refractivity contribution in [1.82, 2.24) is 15.5 Å². The summed E-state index contributed by atoms with van der Waals surface area (Å²) in [6.07, 6.45) is 0.957. The molecule has 2 fully saturated rings. The van der Waals surface area contributed by atoms with Crippen molar-refractivity contribution in [2.24, 2.45) is 5.41 Å². The molecule has 2 rings (SSSR count). The van der Waals surface area contributed by atoms with Crippen LogP contribution in [-0.2, 0) is 9.59 Å². The summed E-state index contributed by atoms with van der Waals surface area (Å²) in [6.45, 7) is 6.64. The van der Waals surface area contributed by atoms with E-state index in [0.717, 1.165) is 0 Å². The first-order chi connectivity index (χ1) is 8.24. The molecule has 0 bridgehead atoms. The van der Waals surface area contributed by atoms with Crippen LogP contribution in [0.4, 0.5) is 4.79 Å². The standard InChI is InChI=1S/C12H19N3O3/c1-11(2,3)9(17)15-6-4-12(5-7-15)8(16)13-10(18)14-12/h4-7H2,1-3H3,(H2,13,14,16,18). The fourth-order valence-electron chi connectivity index (χ4n) is 2.45. The van der Waals surface area contributed by atoms with Crippen molar-refractivity contribution >= 4 is 17.8 Å². The number of nitrogens with zero attached hydrogens (tertiary/aromatic N) is 1. The van der Waals surface area contributed by atoms with Gasteiger partial charge in [-0.15, -0.1) is 0 Å². The Hall–Kier alpha value is -1.59. The Morgan fingerprint density at radius 1 is 1.22 bits per heavy atom. The Morgan fingerprint density at radius 2 is 1.78 bits per heavy atom. The van der Waals surface area contributed by atoms with Gasteiger partial charge in [-0.1, -0.05) is 20.8 Å². The van der Waals surface area contributed by atoms with Crippen LogP contribution in [0.2, 0.25) is 0 Å². The van der Waals surface area contributed by atoms with Crippen LogP contribution in [-0.4, -0.2) is 41.4 Å². The van der Waals surface area contributed by atoms with Crippen molar-refractivity contribution in [3.05, 3.63) is 0 Å². The number of likely N-dealkylation sites (tertiary alicyclic amines) is 1. The lowest BCUT2D eigenvalue weighted by Crippen LogP contribution is -2.57. The number of carbonyl (C=O) groups excluding carboxylic acids is 3. The van der Waals surface area contributed by atoms with Crippen LogP contribution in [0, 0.1) is 5.41 Å². The lowest BCUT2D eigenvalue weighted by Gasteiger charge is -2.39. The highest BCUT2D eigenvalue weighted by Gasteiger charge is 2.48. The molecule has 2 N–H and O–H groups in total. The highest BCUT2D eigenvalue weighted by molar-refractivity contribution is 6.07. The third-order valence-corrected chi connectivity index (χ3v) is 3.56. The molecule has 2 aliphatic heterocycles. The zero-order chi connectivity index (χ0) is 13.6. The summed E-state index contributed by atoms with van der Waals surface area (Å²) in [5.41, 5.74) is -1.21. The lowest BCUT2D eigenvalue weighted by molar-refractivity contribution is -0.142. The number of hydrogen-bond donors (Lipinski definition) is 2. The molecule has 0 aromatic heterocycles. The van der Waals surface area contributed by atoms with E-state index in [1.807, 2.05) is 20.8 Å². The first-order valence-electron chi connectivity index (χ1n) is 6.18. The topological polar surface area (TPSA) is 78.5 Å². The molecule has 6 nitrogen and oxygen atoms in total. The highest BCUT2D eigenvalue weighted by atomic mass is 16.2. The van der Waals surface area contributed by atoms with Crippen molar-refractivity contribution in [3.63, 3.8) is 0 Å². The van der Waals surface area contributed by atoms with Gasteiger partial charge in [0.15, 0.2) is 0 Å². The molecule has 0 aromatic carbocycles. The summed E-state index contributed by atoms with van der Waals surface area (Å²) in [6, 6.07) is -0.435. The molecule has 18 heavy (non-hydrogen) atoms. The quantitative estimate of drug-likeness (QED) is 0.607. The van der Waals surface area contributed by atoms with Gasteiger partial charge >= 0.3 is 6.03 Å². The first-order valence-corrected chi connectivity index (χ1v) is 6.18. The van der Waals surface area contributed by atoms with E-state index in [0.29, 0.717) is 25.9 Å². The van der Waals surface area contributed by atoms with Gasteiger partial charge in [-0.3, -0.25) is 14.9 Å². The summed E-state index contributed by atoms with van der Waals surface area (Å²) in [5, 5.41) is 4.94. The van der Waals surface area contributed by atoms with Crippen LogP contribution in [0.5, 0.6) is 0 Å². The summed E-state index contributed by atoms with van der Waals surface area (Å²) >= 11 is 0. The van der Waals surface area contributed by atoms with Crippen molar-refractivity contribution in [2.75, 3.05) is 13.1 Å². The number of rotatable bonds is 0. The van der Waals surface area contributed by atoms with Crippen molar-refractivity contribution < 1.29 is 14.4 Å². The third kappa shape index (κ3) is 2.07. The van der Waals surface area contributed by atoms with Gasteiger partial charge in [0.1, 0.15) is 5.54 Å². The van der Waals surface area contributed by atoms with Gasteiger partial charge in [-0.25, -0.2) is 4.79 Å². The molecule has 2 saturated heterocycles. The Bertz CT molecular complexity index is 403. The van der Waals surface area contributed by atoms with Crippen molar-refractivity contribution in [2.45, 2.75) is 39.2 Å². The Balaban J connectivity index is 2.03. The Morgan fingerprint density at radius 3 is 2.17 bits per heavy atom. The second-order valence-corrected chi connectivity index (χ2v) is 6.03. The smallest absolute Gasteiger partial charge is 0.322 e. The normalized spacial score (nSPS) is 22.9. The zero-order valence-electron chi connectivity index (χ0n) is 11.0. The highest BCUT2D eigenvalue weighted by Crippen LogP contribution is 2.28. The molecular weight excluding hydrogens is 234 g/mol. The van der Waals surface area contributed by atoms with Crippen LogP contribution in [0.25, 0.3) is 0 Å². The van der Waals surface area contributed by atoms with E-state index in [9.17, 15) is 14.4 Å². The van der Waals surface area contributed by atoms with Gasteiger partial charge in [0.25, 0.3) is 5.91 Å². The third-order valence-electron chi connectivity index (χ3n) is 3.56. The average Bonchev–Trinajstić information content (AvgIpc) is 2.53. The number of piperidine rings is 1. The number of hydrogen-bond acceptors (Lipinski definition) is 3. The van der Waals surface area contributed by atoms with Gasteiger partial charge in [0.05, 0.1) is 0 Å². The van der Waals surface area contributed by atoms with Gasteiger partial charge in [0.2, 0.25) is 5.91 Å². The van der Waals surface area contributed by atoms with Crippen molar-refractivity contribution in [1.29, 1.82) is 0 Å². The SMILES string of the molecule is CC(C)(C)C(=O)N1CCC2(CC1)NC(=O)NC2=O. The Labute approximate surface area is 106 Å². The fraction of sp³-hybridized carbons (Fsp3) is 0.750. The van der Waals surface area contributed by atoms with Crippen LogP contribution in [0.15, 0.2) is 0 Å². The molecule has 0 unspecified atom stereocenters. The predicted molar refractivity (Wildman–Crippen MR) is 64.7 cm³/mol. The molecule has 2 heterocycles. The summed E-state index contributed by atoms with van der Waals surface area (Å²) in [7, 11) is 0. The molecule has 0 radical (unpaired) electrons. The molecule has 2 aliphatic rings. The van der Waals surface area contributed by atoms with Gasteiger partial charge in [0, 0.05) is 18.5 Å². The van der Waals surface area contributed by atoms with E-state index in [1.165, 1.54) is 0 Å². The molecule has 1 spiro atoms. The maximum Gasteiger partial charge on any atom is 0.322 e. The van der Waals surface area contributed by atoms with Crippen LogP contribution in [0.1, 0.15) is 33.6 Å². The van der Waals surface area contributed by atoms with Gasteiger partial charge in [-0.2, -0.15) is 0 Å². The summed E-state index contributed by atoms with van der Waals surface area (Å²) in [5.74, 6) is -0.183. The maximum atomic E-state index is 12.1. The molecule has 0 saturated carbocycles. The van der Waals surface area contributed by atoms with E-state index in [-0.39, 0.29) is 11.8 Å². The first kappa shape index (κ1) is 12.9. The van der Waals surface area contributed by atoms with Crippen LogP contribution >= 0.6 is 0 Å². The molecule has 100 valence electrons. The average molecular weight is 253 g/mol. The summed E-state index contributed by atoms with van der Waals surface area (Å²) < 4.78 is 0. The monoisotopic (exact) mass is 253 g/mol. The molecule has 0 aromatic rings. The second-order valence-electron chi connectivity index (χ2n) is 6.03. The number of urea groups is 1. The van der Waals surface area contributed by atoms with Gasteiger partial charge in [-0.05, 0) is 12.8 Å². The van der Waals surface area contributed by atoms with Gasteiger partial charge < -0.3 is 10.2 Å². The van der Waals surface area contributed by atoms with E-state index < -0.39 is 17.0 Å². The fourth-order valence-corrected chi connectivity index (χ4v) is 2.45. The minimum Gasteiger partial charge on any atom is -0.342 e. The minimum atomic E-state index is -0.800. The number of carbonyl (C=O) groups is 3.